The molecule has 0 saturated heterocycles. The second-order valence-electron chi connectivity index (χ2n) is 6.76. The zero-order valence-corrected chi connectivity index (χ0v) is 18.7. The van der Waals surface area contributed by atoms with Crippen molar-refractivity contribution in [2.75, 3.05) is 27.0 Å². The second kappa shape index (κ2) is 11.2. The second-order valence-corrected chi connectivity index (χ2v) is 7.31. The van der Waals surface area contributed by atoms with Crippen LogP contribution in [0.3, 0.4) is 0 Å². The summed E-state index contributed by atoms with van der Waals surface area (Å²) in [6.45, 7) is 0.490. The number of hydrogen-bond donors (Lipinski definition) is 1. The highest BCUT2D eigenvalue weighted by Crippen LogP contribution is 2.27. The summed E-state index contributed by atoms with van der Waals surface area (Å²) in [5, 5.41) is 2.97. The molecular formula is C25H26N2O3S. The minimum absolute atomic E-state index is 0.192. The fourth-order valence-electron chi connectivity index (χ4n) is 3.21. The molecule has 3 rings (SSSR count). The van der Waals surface area contributed by atoms with Crippen LogP contribution in [-0.4, -0.2) is 38.6 Å². The molecule has 0 atom stereocenters. The first-order valence-corrected chi connectivity index (χ1v) is 11.1. The molecule has 0 fully saturated rings. The van der Waals surface area contributed by atoms with Crippen molar-refractivity contribution in [2.45, 2.75) is 6.42 Å². The summed E-state index contributed by atoms with van der Waals surface area (Å²) in [5.74, 6) is 1.17. The Morgan fingerprint density at radius 1 is 0.903 bits per heavy atom. The standard InChI is InChI=1S/C25H26N2O3S/c1-29-22-14-9-18(17-23(22)30-2)15-16-26-25(28)24(27-31-3)21-12-10-20(11-13-21)19-7-5-4-6-8-19/h4-14,17H,15-16H2,1-3H3,(H,26,28). The fraction of sp³-hybridized carbons (Fsp3) is 0.200. The number of amides is 1. The van der Waals surface area contributed by atoms with Gasteiger partial charge >= 0.3 is 0 Å². The predicted octanol–water partition coefficient (Wildman–Crippen LogP) is 4.80. The molecule has 3 aromatic carbocycles. The zero-order valence-electron chi connectivity index (χ0n) is 17.9. The third-order valence-corrected chi connectivity index (χ3v) is 5.18. The monoisotopic (exact) mass is 434 g/mol. The van der Waals surface area contributed by atoms with Crippen molar-refractivity contribution in [3.8, 4) is 22.6 Å². The molecule has 0 radical (unpaired) electrons. The minimum atomic E-state index is -0.192. The van der Waals surface area contributed by atoms with Crippen molar-refractivity contribution in [3.63, 3.8) is 0 Å². The summed E-state index contributed by atoms with van der Waals surface area (Å²) < 4.78 is 15.0. The highest BCUT2D eigenvalue weighted by Gasteiger charge is 2.14. The Labute approximate surface area is 187 Å². The largest absolute Gasteiger partial charge is 0.493 e. The molecule has 0 aliphatic carbocycles. The van der Waals surface area contributed by atoms with E-state index in [-0.39, 0.29) is 5.91 Å². The van der Waals surface area contributed by atoms with Gasteiger partial charge in [0.05, 0.1) is 14.2 Å². The van der Waals surface area contributed by atoms with E-state index in [1.54, 1.807) is 14.2 Å². The van der Waals surface area contributed by atoms with Crippen LogP contribution in [0.2, 0.25) is 0 Å². The molecule has 0 aliphatic heterocycles. The molecular weight excluding hydrogens is 408 g/mol. The number of hydrogen-bond acceptors (Lipinski definition) is 5. The van der Waals surface area contributed by atoms with Gasteiger partial charge in [0.15, 0.2) is 11.5 Å². The third kappa shape index (κ3) is 5.89. The number of rotatable bonds is 9. The van der Waals surface area contributed by atoms with Gasteiger partial charge in [-0.1, -0.05) is 60.7 Å². The molecule has 0 saturated carbocycles. The summed E-state index contributed by atoms with van der Waals surface area (Å²) >= 11 is 1.27. The molecule has 5 nitrogen and oxygen atoms in total. The van der Waals surface area contributed by atoms with Crippen LogP contribution in [-0.2, 0) is 11.2 Å². The van der Waals surface area contributed by atoms with Gasteiger partial charge < -0.3 is 14.8 Å². The number of methoxy groups -OCH3 is 2. The lowest BCUT2D eigenvalue weighted by molar-refractivity contribution is -0.114. The van der Waals surface area contributed by atoms with Crippen molar-refractivity contribution in [1.82, 2.24) is 5.32 Å². The Bertz CT molecular complexity index is 1030. The molecule has 1 N–H and O–H groups in total. The molecule has 31 heavy (non-hydrogen) atoms. The molecule has 6 heteroatoms. The summed E-state index contributed by atoms with van der Waals surface area (Å²) in [6.07, 6.45) is 2.51. The van der Waals surface area contributed by atoms with Gasteiger partial charge in [-0.15, -0.1) is 0 Å². The van der Waals surface area contributed by atoms with Gasteiger partial charge in [-0.25, -0.2) is 4.40 Å². The lowest BCUT2D eigenvalue weighted by Gasteiger charge is -2.11. The van der Waals surface area contributed by atoms with E-state index in [4.69, 9.17) is 9.47 Å². The van der Waals surface area contributed by atoms with Gasteiger partial charge in [-0.3, -0.25) is 4.79 Å². The van der Waals surface area contributed by atoms with E-state index >= 15 is 0 Å². The fourth-order valence-corrected chi connectivity index (χ4v) is 3.58. The van der Waals surface area contributed by atoms with E-state index in [2.05, 4.69) is 21.8 Å². The molecule has 0 aliphatic rings. The topological polar surface area (TPSA) is 59.9 Å². The number of benzene rings is 3. The highest BCUT2D eigenvalue weighted by atomic mass is 32.2. The van der Waals surface area contributed by atoms with E-state index in [1.807, 2.05) is 66.9 Å². The molecule has 160 valence electrons. The zero-order chi connectivity index (χ0) is 22.1. The van der Waals surface area contributed by atoms with Crippen LogP contribution in [0.25, 0.3) is 11.1 Å². The molecule has 3 aromatic rings. The first kappa shape index (κ1) is 22.4. The van der Waals surface area contributed by atoms with Crippen molar-refractivity contribution < 1.29 is 14.3 Å². The first-order chi connectivity index (χ1) is 15.2. The Balaban J connectivity index is 1.65. The number of carbonyl (C=O) groups is 1. The average molecular weight is 435 g/mol. The van der Waals surface area contributed by atoms with Crippen LogP contribution in [0.1, 0.15) is 11.1 Å². The average Bonchev–Trinajstić information content (AvgIpc) is 2.83. The Morgan fingerprint density at radius 2 is 1.58 bits per heavy atom. The number of nitrogens with one attached hydrogen (secondary N) is 1. The molecule has 0 bridgehead atoms. The van der Waals surface area contributed by atoms with E-state index in [9.17, 15) is 4.79 Å². The Kier molecular flexibility index (Phi) is 8.12. The maximum absolute atomic E-state index is 12.8. The van der Waals surface area contributed by atoms with E-state index < -0.39 is 0 Å². The van der Waals surface area contributed by atoms with Gasteiger partial charge in [0.25, 0.3) is 5.91 Å². The minimum Gasteiger partial charge on any atom is -0.493 e. The van der Waals surface area contributed by atoms with Gasteiger partial charge in [0.1, 0.15) is 5.71 Å². The van der Waals surface area contributed by atoms with Gasteiger partial charge in [0.2, 0.25) is 0 Å². The van der Waals surface area contributed by atoms with Gasteiger partial charge in [-0.2, -0.15) is 0 Å². The smallest absolute Gasteiger partial charge is 0.271 e. The van der Waals surface area contributed by atoms with Gasteiger partial charge in [-0.05, 0) is 47.2 Å². The van der Waals surface area contributed by atoms with Crippen molar-refractivity contribution in [3.05, 3.63) is 83.9 Å². The lowest BCUT2D eigenvalue weighted by atomic mass is 10.0. The van der Waals surface area contributed by atoms with Crippen LogP contribution >= 0.6 is 11.9 Å². The molecule has 0 aromatic heterocycles. The van der Waals surface area contributed by atoms with Crippen LogP contribution < -0.4 is 14.8 Å². The van der Waals surface area contributed by atoms with Crippen LogP contribution in [0.5, 0.6) is 11.5 Å². The van der Waals surface area contributed by atoms with Gasteiger partial charge in [0, 0.05) is 18.4 Å². The summed E-state index contributed by atoms with van der Waals surface area (Å²) in [6, 6.07) is 23.8. The highest BCUT2D eigenvalue weighted by molar-refractivity contribution is 7.97. The van der Waals surface area contributed by atoms with Crippen LogP contribution in [0.4, 0.5) is 0 Å². The van der Waals surface area contributed by atoms with Crippen molar-refractivity contribution in [2.24, 2.45) is 4.40 Å². The maximum atomic E-state index is 12.8. The molecule has 0 unspecified atom stereocenters. The maximum Gasteiger partial charge on any atom is 0.271 e. The summed E-state index contributed by atoms with van der Waals surface area (Å²) in [7, 11) is 3.22. The summed E-state index contributed by atoms with van der Waals surface area (Å²) in [4.78, 5) is 12.8. The van der Waals surface area contributed by atoms with Crippen LogP contribution in [0.15, 0.2) is 77.2 Å². The lowest BCUT2D eigenvalue weighted by Crippen LogP contribution is -2.33. The van der Waals surface area contributed by atoms with Crippen LogP contribution in [0, 0.1) is 0 Å². The molecule has 0 heterocycles. The normalized spacial score (nSPS) is 11.1. The summed E-state index contributed by atoms with van der Waals surface area (Å²) in [5.41, 5.74) is 4.49. The third-order valence-electron chi connectivity index (χ3n) is 4.81. The Morgan fingerprint density at radius 3 is 2.23 bits per heavy atom. The Hall–Kier alpha value is -3.25. The number of ether oxygens (including phenoxy) is 2. The number of carbonyl (C=O) groups excluding carboxylic acids is 1. The van der Waals surface area contributed by atoms with E-state index in [0.717, 1.165) is 22.3 Å². The predicted molar refractivity (Wildman–Crippen MR) is 128 cm³/mol. The van der Waals surface area contributed by atoms with E-state index in [1.165, 1.54) is 11.9 Å². The number of nitrogens with zero attached hydrogens (tertiary/aromatic N) is 1. The van der Waals surface area contributed by atoms with Crippen molar-refractivity contribution >= 4 is 23.6 Å². The quantitative estimate of drug-likeness (QED) is 0.388. The SMILES string of the molecule is COc1ccc(CCNC(=O)C(=NSC)c2ccc(-c3ccccc3)cc2)cc1OC. The molecule has 1 amide bonds. The van der Waals surface area contributed by atoms with Crippen molar-refractivity contribution in [1.29, 1.82) is 0 Å². The molecule has 0 spiro atoms. The van der Waals surface area contributed by atoms with E-state index in [0.29, 0.717) is 30.2 Å². The first-order valence-electron chi connectivity index (χ1n) is 9.92.